The van der Waals surface area contributed by atoms with Gasteiger partial charge in [0.15, 0.2) is 0 Å². The Labute approximate surface area is 191 Å². The van der Waals surface area contributed by atoms with Crippen LogP contribution in [-0.2, 0) is 4.79 Å². The zero-order valence-corrected chi connectivity index (χ0v) is 19.1. The van der Waals surface area contributed by atoms with Crippen LogP contribution in [0.15, 0.2) is 34.1 Å². The van der Waals surface area contributed by atoms with E-state index in [1.807, 2.05) is 18.2 Å². The lowest BCUT2D eigenvalue weighted by Crippen LogP contribution is -2.39. The molecule has 2 aromatic heterocycles. The summed E-state index contributed by atoms with van der Waals surface area (Å²) in [4.78, 5) is 36.1. The number of anilines is 1. The van der Waals surface area contributed by atoms with Crippen molar-refractivity contribution in [2.24, 2.45) is 0 Å². The second-order valence-electron chi connectivity index (χ2n) is 8.47. The van der Waals surface area contributed by atoms with E-state index in [1.54, 1.807) is 21.6 Å². The number of hydrogen-bond donors (Lipinski definition) is 0. The highest BCUT2D eigenvalue weighted by Gasteiger charge is 2.38. The summed E-state index contributed by atoms with van der Waals surface area (Å²) in [5, 5.41) is 0. The maximum absolute atomic E-state index is 13.4. The molecule has 4 heterocycles. The summed E-state index contributed by atoms with van der Waals surface area (Å²) in [5.41, 5.74) is 0.962. The molecule has 2 aromatic rings. The molecule has 1 saturated carbocycles. The lowest BCUT2D eigenvalue weighted by atomic mass is 9.94. The number of hydrogen-bond acceptors (Lipinski definition) is 6. The molecular formula is C23H26N4O2S2. The Morgan fingerprint density at radius 3 is 2.55 bits per heavy atom. The molecule has 6 nitrogen and oxygen atoms in total. The summed E-state index contributed by atoms with van der Waals surface area (Å²) >= 11 is 6.89. The maximum Gasteiger partial charge on any atom is 0.267 e. The van der Waals surface area contributed by atoms with E-state index in [-0.39, 0.29) is 17.5 Å². The van der Waals surface area contributed by atoms with Gasteiger partial charge in [-0.1, -0.05) is 49.3 Å². The number of carbonyl (C=O) groups is 1. The van der Waals surface area contributed by atoms with Crippen LogP contribution < -0.4 is 10.5 Å². The highest BCUT2D eigenvalue weighted by atomic mass is 32.2. The molecule has 1 aliphatic carbocycles. The van der Waals surface area contributed by atoms with Crippen LogP contribution in [0.1, 0.15) is 56.9 Å². The van der Waals surface area contributed by atoms with Crippen LogP contribution in [0.25, 0.3) is 11.7 Å². The third-order valence-electron chi connectivity index (χ3n) is 6.44. The van der Waals surface area contributed by atoms with Crippen molar-refractivity contribution in [2.75, 3.05) is 18.0 Å². The van der Waals surface area contributed by atoms with Gasteiger partial charge in [-0.3, -0.25) is 18.9 Å². The average molecular weight is 455 g/mol. The molecule has 3 aliphatic rings. The van der Waals surface area contributed by atoms with E-state index in [0.717, 1.165) is 51.6 Å². The fraction of sp³-hybridized carbons (Fsp3) is 0.478. The molecule has 3 fully saturated rings. The topological polar surface area (TPSA) is 57.9 Å². The van der Waals surface area contributed by atoms with E-state index < -0.39 is 0 Å². The number of thioether (sulfide) groups is 1. The van der Waals surface area contributed by atoms with Gasteiger partial charge in [0, 0.05) is 25.3 Å². The summed E-state index contributed by atoms with van der Waals surface area (Å²) in [7, 11) is 0. The Kier molecular flexibility index (Phi) is 5.84. The van der Waals surface area contributed by atoms with Crippen LogP contribution >= 0.6 is 24.0 Å². The molecule has 0 unspecified atom stereocenters. The molecule has 0 aromatic carbocycles. The lowest BCUT2D eigenvalue weighted by Gasteiger charge is -2.30. The van der Waals surface area contributed by atoms with Crippen LogP contribution in [-0.4, -0.2) is 43.6 Å². The van der Waals surface area contributed by atoms with Crippen molar-refractivity contribution < 1.29 is 4.79 Å². The van der Waals surface area contributed by atoms with Crippen LogP contribution in [0, 0.1) is 0 Å². The molecule has 0 bridgehead atoms. The number of fused-ring (bicyclic) bond motifs is 1. The highest BCUT2D eigenvalue weighted by molar-refractivity contribution is 8.26. The van der Waals surface area contributed by atoms with Gasteiger partial charge in [-0.25, -0.2) is 4.98 Å². The first-order valence-corrected chi connectivity index (χ1v) is 12.4. The predicted molar refractivity (Wildman–Crippen MR) is 129 cm³/mol. The molecule has 0 spiro atoms. The minimum Gasteiger partial charge on any atom is -0.356 e. The van der Waals surface area contributed by atoms with Crippen LogP contribution in [0.5, 0.6) is 0 Å². The van der Waals surface area contributed by atoms with E-state index in [2.05, 4.69) is 4.90 Å². The third-order valence-corrected chi connectivity index (χ3v) is 7.77. The minimum atomic E-state index is -0.144. The summed E-state index contributed by atoms with van der Waals surface area (Å²) in [6, 6.07) is 5.74. The molecule has 2 aliphatic heterocycles. The SMILES string of the molecule is O=C1C(=Cc2c(N3CCCCC3)nc3ccccn3c2=O)SC(=S)N1C1CCCCC1. The highest BCUT2D eigenvalue weighted by Crippen LogP contribution is 2.38. The maximum atomic E-state index is 13.4. The van der Waals surface area contributed by atoms with Gasteiger partial charge in [0.2, 0.25) is 0 Å². The van der Waals surface area contributed by atoms with Crippen molar-refractivity contribution in [3.8, 4) is 0 Å². The molecule has 0 atom stereocenters. The van der Waals surface area contributed by atoms with Gasteiger partial charge in [-0.15, -0.1) is 0 Å². The Hall–Kier alpha value is -2.19. The minimum absolute atomic E-state index is 0.0657. The molecule has 162 valence electrons. The van der Waals surface area contributed by atoms with Crippen molar-refractivity contribution >= 4 is 51.7 Å². The second-order valence-corrected chi connectivity index (χ2v) is 10.2. The summed E-state index contributed by atoms with van der Waals surface area (Å²) in [5.74, 6) is 0.614. The molecule has 0 radical (unpaired) electrons. The van der Waals surface area contributed by atoms with Gasteiger partial charge in [0.25, 0.3) is 11.5 Å². The monoisotopic (exact) mass is 454 g/mol. The molecule has 1 amide bonds. The fourth-order valence-corrected chi connectivity index (χ4v) is 6.21. The van der Waals surface area contributed by atoms with Crippen molar-refractivity contribution in [3.05, 3.63) is 45.2 Å². The second kappa shape index (κ2) is 8.74. The van der Waals surface area contributed by atoms with Crippen LogP contribution in [0.3, 0.4) is 0 Å². The predicted octanol–water partition coefficient (Wildman–Crippen LogP) is 4.22. The van der Waals surface area contributed by atoms with Crippen molar-refractivity contribution in [2.45, 2.75) is 57.4 Å². The molecular weight excluding hydrogens is 428 g/mol. The molecule has 5 rings (SSSR count). The standard InChI is InChI=1S/C23H26N4O2S2/c28-21-17(15-18-22(29)27(23(30)31-18)16-9-3-1-4-10-16)20(25-12-6-2-7-13-25)24-19-11-5-8-14-26(19)21/h5,8,11,14-16H,1-4,6-7,9-10,12-13H2. The summed E-state index contributed by atoms with van der Waals surface area (Å²) < 4.78 is 2.16. The molecule has 31 heavy (non-hydrogen) atoms. The molecule has 2 saturated heterocycles. The Morgan fingerprint density at radius 1 is 1.03 bits per heavy atom. The number of piperidine rings is 1. The first-order valence-electron chi connectivity index (χ1n) is 11.2. The van der Waals surface area contributed by atoms with Crippen molar-refractivity contribution in [1.29, 1.82) is 0 Å². The van der Waals surface area contributed by atoms with E-state index in [0.29, 0.717) is 26.3 Å². The van der Waals surface area contributed by atoms with Crippen LogP contribution in [0.2, 0.25) is 0 Å². The normalized spacial score (nSPS) is 22.1. The first kappa shape index (κ1) is 20.7. The van der Waals surface area contributed by atoms with Gasteiger partial charge in [-0.2, -0.15) is 0 Å². The van der Waals surface area contributed by atoms with Gasteiger partial charge in [0.05, 0.1) is 10.5 Å². The quantitative estimate of drug-likeness (QED) is 0.511. The number of amides is 1. The number of pyridine rings is 1. The summed E-state index contributed by atoms with van der Waals surface area (Å²) in [6.07, 6.45) is 12.3. The Bertz CT molecular complexity index is 1110. The number of rotatable bonds is 3. The molecule has 8 heteroatoms. The van der Waals surface area contributed by atoms with Crippen LogP contribution in [0.4, 0.5) is 5.82 Å². The van der Waals surface area contributed by atoms with Crippen molar-refractivity contribution in [1.82, 2.24) is 14.3 Å². The number of carbonyl (C=O) groups excluding carboxylic acids is 1. The van der Waals surface area contributed by atoms with Gasteiger partial charge < -0.3 is 4.90 Å². The largest absolute Gasteiger partial charge is 0.356 e. The van der Waals surface area contributed by atoms with E-state index in [1.165, 1.54) is 24.6 Å². The molecule has 0 N–H and O–H groups in total. The fourth-order valence-electron chi connectivity index (χ4n) is 4.83. The van der Waals surface area contributed by atoms with Gasteiger partial charge >= 0.3 is 0 Å². The number of thiocarbonyl (C=S) groups is 1. The van der Waals surface area contributed by atoms with Crippen molar-refractivity contribution in [3.63, 3.8) is 0 Å². The number of nitrogens with zero attached hydrogens (tertiary/aromatic N) is 4. The first-order chi connectivity index (χ1) is 15.1. The third kappa shape index (κ3) is 3.91. The number of aromatic nitrogens is 2. The van der Waals surface area contributed by atoms with E-state index in [4.69, 9.17) is 17.2 Å². The Balaban J connectivity index is 1.58. The smallest absolute Gasteiger partial charge is 0.267 e. The van der Waals surface area contributed by atoms with Gasteiger partial charge in [0.1, 0.15) is 15.8 Å². The van der Waals surface area contributed by atoms with Gasteiger partial charge in [-0.05, 0) is 50.3 Å². The summed E-state index contributed by atoms with van der Waals surface area (Å²) in [6.45, 7) is 1.75. The zero-order chi connectivity index (χ0) is 21.4. The zero-order valence-electron chi connectivity index (χ0n) is 17.5. The average Bonchev–Trinajstić information content (AvgIpc) is 3.09. The lowest BCUT2D eigenvalue weighted by molar-refractivity contribution is -0.124. The van der Waals surface area contributed by atoms with E-state index >= 15 is 0 Å². The Morgan fingerprint density at radius 2 is 1.77 bits per heavy atom. The van der Waals surface area contributed by atoms with E-state index in [9.17, 15) is 9.59 Å².